The number of benzene rings is 2. The van der Waals surface area contributed by atoms with Crippen LogP contribution in [0.15, 0.2) is 47.1 Å². The summed E-state index contributed by atoms with van der Waals surface area (Å²) in [6.45, 7) is 5.56. The van der Waals surface area contributed by atoms with Crippen LogP contribution in [0.1, 0.15) is 44.1 Å². The number of nitrogens with zero attached hydrogens (tertiary/aromatic N) is 1. The molecule has 4 rings (SSSR count). The molecule has 0 atom stereocenters. The largest absolute Gasteiger partial charge is 0.464 e. The first-order valence-electron chi connectivity index (χ1n) is 10.8. The van der Waals surface area contributed by atoms with Crippen LogP contribution >= 0.6 is 0 Å². The fraction of sp³-hybridized carbons (Fsp3) is 0.375. The fourth-order valence-corrected chi connectivity index (χ4v) is 4.16. The Labute approximate surface area is 180 Å². The van der Waals surface area contributed by atoms with E-state index < -0.39 is 17.7 Å². The normalized spacial score (nSPS) is 15.3. The highest BCUT2D eigenvalue weighted by Gasteiger charge is 2.23. The van der Waals surface area contributed by atoms with Crippen LogP contribution in [0.5, 0.6) is 0 Å². The molecule has 0 aliphatic carbocycles. The molecular weight excluding hydrogens is 400 g/mol. The zero-order chi connectivity index (χ0) is 21.8. The number of likely N-dealkylation sites (tertiary alicyclic amines) is 1. The SMILES string of the molecule is CCCCN1CCC(c2coc3ccc(NC(=O)Nc4ccc(F)c(F)c4)cc23)CC1. The Bertz CT molecular complexity index is 1060. The van der Waals surface area contributed by atoms with E-state index in [9.17, 15) is 13.6 Å². The van der Waals surface area contributed by atoms with Crippen molar-refractivity contribution in [1.82, 2.24) is 4.90 Å². The minimum atomic E-state index is -1.01. The van der Waals surface area contributed by atoms with Crippen LogP contribution in [-0.2, 0) is 0 Å². The van der Waals surface area contributed by atoms with Crippen molar-refractivity contribution >= 4 is 28.4 Å². The number of halogens is 2. The van der Waals surface area contributed by atoms with Gasteiger partial charge in [0.2, 0.25) is 0 Å². The first-order valence-corrected chi connectivity index (χ1v) is 10.8. The molecule has 2 aromatic carbocycles. The van der Waals surface area contributed by atoms with Gasteiger partial charge in [-0.2, -0.15) is 0 Å². The van der Waals surface area contributed by atoms with Gasteiger partial charge in [-0.25, -0.2) is 13.6 Å². The molecule has 0 unspecified atom stereocenters. The van der Waals surface area contributed by atoms with E-state index in [1.54, 1.807) is 6.07 Å². The molecule has 5 nitrogen and oxygen atoms in total. The maximum Gasteiger partial charge on any atom is 0.323 e. The molecule has 0 spiro atoms. The third-order valence-electron chi connectivity index (χ3n) is 5.89. The van der Waals surface area contributed by atoms with Gasteiger partial charge < -0.3 is 20.0 Å². The smallest absolute Gasteiger partial charge is 0.323 e. The van der Waals surface area contributed by atoms with Crippen molar-refractivity contribution in [3.05, 3.63) is 59.9 Å². The van der Waals surface area contributed by atoms with Crippen molar-refractivity contribution in [3.8, 4) is 0 Å². The average Bonchev–Trinajstić information content (AvgIpc) is 3.18. The topological polar surface area (TPSA) is 57.5 Å². The molecule has 0 radical (unpaired) electrons. The summed E-state index contributed by atoms with van der Waals surface area (Å²) in [5.41, 5.74) is 2.75. The van der Waals surface area contributed by atoms with Crippen molar-refractivity contribution < 1.29 is 18.0 Å². The summed E-state index contributed by atoms with van der Waals surface area (Å²) in [4.78, 5) is 14.8. The lowest BCUT2D eigenvalue weighted by Gasteiger charge is -2.31. The summed E-state index contributed by atoms with van der Waals surface area (Å²) in [6.07, 6.45) is 6.47. The lowest BCUT2D eigenvalue weighted by molar-refractivity contribution is 0.210. The summed E-state index contributed by atoms with van der Waals surface area (Å²) in [5, 5.41) is 6.26. The number of piperidine rings is 1. The summed E-state index contributed by atoms with van der Waals surface area (Å²) in [7, 11) is 0. The maximum atomic E-state index is 13.3. The molecule has 1 saturated heterocycles. The van der Waals surface area contributed by atoms with Crippen molar-refractivity contribution in [3.63, 3.8) is 0 Å². The van der Waals surface area contributed by atoms with E-state index in [1.165, 1.54) is 24.5 Å². The monoisotopic (exact) mass is 427 g/mol. The Kier molecular flexibility index (Phi) is 6.51. The number of fused-ring (bicyclic) bond motifs is 1. The number of furan rings is 1. The molecule has 31 heavy (non-hydrogen) atoms. The Morgan fingerprint density at radius 3 is 2.48 bits per heavy atom. The standard InChI is InChI=1S/C24H27F2N3O2/c1-2-3-10-29-11-8-16(9-12-29)20-15-31-23-7-5-17(13-19(20)23)27-24(30)28-18-4-6-21(25)22(26)14-18/h4-7,13-16H,2-3,8-12H2,1H3,(H2,27,28,30). The van der Waals surface area contributed by atoms with Crippen LogP contribution in [-0.4, -0.2) is 30.6 Å². The third kappa shape index (κ3) is 5.05. The van der Waals surface area contributed by atoms with E-state index in [0.717, 1.165) is 55.6 Å². The zero-order valence-electron chi connectivity index (χ0n) is 17.6. The number of rotatable bonds is 6. The molecule has 7 heteroatoms. The quantitative estimate of drug-likeness (QED) is 0.483. The van der Waals surface area contributed by atoms with Crippen molar-refractivity contribution in [2.45, 2.75) is 38.5 Å². The van der Waals surface area contributed by atoms with Crippen molar-refractivity contribution in [2.75, 3.05) is 30.3 Å². The second-order valence-electron chi connectivity index (χ2n) is 8.08. The number of anilines is 2. The van der Waals surface area contributed by atoms with Crippen molar-refractivity contribution in [1.29, 1.82) is 0 Å². The van der Waals surface area contributed by atoms with Crippen LogP contribution in [0, 0.1) is 11.6 Å². The lowest BCUT2D eigenvalue weighted by Crippen LogP contribution is -2.33. The predicted octanol–water partition coefficient (Wildman–Crippen LogP) is 6.33. The zero-order valence-corrected chi connectivity index (χ0v) is 17.6. The minimum absolute atomic E-state index is 0.177. The van der Waals surface area contributed by atoms with Gasteiger partial charge in [-0.1, -0.05) is 13.3 Å². The van der Waals surface area contributed by atoms with Gasteiger partial charge in [-0.15, -0.1) is 0 Å². The summed E-state index contributed by atoms with van der Waals surface area (Å²) in [5.74, 6) is -1.53. The molecule has 1 fully saturated rings. The van der Waals surface area contributed by atoms with Crippen LogP contribution in [0.2, 0.25) is 0 Å². The molecule has 1 aliphatic rings. The molecule has 1 aliphatic heterocycles. The first-order chi connectivity index (χ1) is 15.0. The summed E-state index contributed by atoms with van der Waals surface area (Å²) < 4.78 is 32.2. The number of urea groups is 1. The van der Waals surface area contributed by atoms with E-state index in [2.05, 4.69) is 22.5 Å². The highest BCUT2D eigenvalue weighted by atomic mass is 19.2. The Balaban J connectivity index is 1.43. The Morgan fingerprint density at radius 2 is 1.77 bits per heavy atom. The molecular formula is C24H27F2N3O2. The average molecular weight is 427 g/mol. The van der Waals surface area contributed by atoms with E-state index in [0.29, 0.717) is 11.6 Å². The van der Waals surface area contributed by atoms with Gasteiger partial charge in [-0.05, 0) is 75.1 Å². The van der Waals surface area contributed by atoms with Gasteiger partial charge >= 0.3 is 6.03 Å². The van der Waals surface area contributed by atoms with E-state index in [-0.39, 0.29) is 5.69 Å². The molecule has 0 bridgehead atoms. The molecule has 2 N–H and O–H groups in total. The first kappa shape index (κ1) is 21.3. The third-order valence-corrected chi connectivity index (χ3v) is 5.89. The van der Waals surface area contributed by atoms with Crippen LogP contribution < -0.4 is 10.6 Å². The van der Waals surface area contributed by atoms with Crippen LogP contribution in [0.4, 0.5) is 25.0 Å². The number of carbonyl (C=O) groups excluding carboxylic acids is 1. The number of carbonyl (C=O) groups is 1. The van der Waals surface area contributed by atoms with E-state index in [4.69, 9.17) is 4.42 Å². The van der Waals surface area contributed by atoms with Gasteiger partial charge in [0.1, 0.15) is 5.58 Å². The van der Waals surface area contributed by atoms with Gasteiger partial charge in [0.05, 0.1) is 6.26 Å². The fourth-order valence-electron chi connectivity index (χ4n) is 4.16. The van der Waals surface area contributed by atoms with Crippen LogP contribution in [0.25, 0.3) is 11.0 Å². The number of unbranched alkanes of at least 4 members (excludes halogenated alkanes) is 1. The predicted molar refractivity (Wildman–Crippen MR) is 119 cm³/mol. The molecule has 1 aromatic heterocycles. The maximum absolute atomic E-state index is 13.3. The second kappa shape index (κ2) is 9.47. The Morgan fingerprint density at radius 1 is 1.06 bits per heavy atom. The number of amides is 2. The van der Waals surface area contributed by atoms with Gasteiger partial charge in [-0.3, -0.25) is 0 Å². The number of hydrogen-bond acceptors (Lipinski definition) is 3. The molecule has 2 heterocycles. The molecule has 3 aromatic rings. The molecule has 2 amide bonds. The highest BCUT2D eigenvalue weighted by Crippen LogP contribution is 2.35. The summed E-state index contributed by atoms with van der Waals surface area (Å²) in [6, 6.07) is 8.20. The van der Waals surface area contributed by atoms with Gasteiger partial charge in [0.25, 0.3) is 0 Å². The van der Waals surface area contributed by atoms with Crippen LogP contribution in [0.3, 0.4) is 0 Å². The van der Waals surface area contributed by atoms with Gasteiger partial charge in [0.15, 0.2) is 11.6 Å². The minimum Gasteiger partial charge on any atom is -0.464 e. The molecule has 164 valence electrons. The Hall–Kier alpha value is -2.93. The number of nitrogens with one attached hydrogen (secondary N) is 2. The van der Waals surface area contributed by atoms with E-state index in [1.807, 2.05) is 18.4 Å². The highest BCUT2D eigenvalue weighted by molar-refractivity contribution is 6.01. The number of hydrogen-bond donors (Lipinski definition) is 2. The van der Waals surface area contributed by atoms with Crippen molar-refractivity contribution in [2.24, 2.45) is 0 Å². The van der Waals surface area contributed by atoms with E-state index >= 15 is 0 Å². The van der Waals surface area contributed by atoms with Gasteiger partial charge in [0, 0.05) is 28.4 Å². The second-order valence-corrected chi connectivity index (χ2v) is 8.08. The summed E-state index contributed by atoms with van der Waals surface area (Å²) >= 11 is 0. The lowest BCUT2D eigenvalue weighted by atomic mass is 9.89. The molecule has 0 saturated carbocycles.